The molecule has 0 bridgehead atoms. The average molecular weight is 414 g/mol. The molecule has 31 heavy (non-hydrogen) atoms. The third kappa shape index (κ3) is 3.59. The van der Waals surface area contributed by atoms with Crippen LogP contribution in [0.25, 0.3) is 21.8 Å². The summed E-state index contributed by atoms with van der Waals surface area (Å²) in [5, 5.41) is 1.87. The smallest absolute Gasteiger partial charge is 0.261 e. The lowest BCUT2D eigenvalue weighted by Gasteiger charge is -2.34. The fourth-order valence-electron chi connectivity index (χ4n) is 4.19. The molecular formula is C24H22N4O3. The SMILES string of the molecule is O=C(Cc1c[nH]c2ccccc12)N1CCN(C(=O)c2cc3ccccc3[nH]c2=O)CC1. The first kappa shape index (κ1) is 19.1. The van der Waals surface area contributed by atoms with Crippen LogP contribution < -0.4 is 5.56 Å². The van der Waals surface area contributed by atoms with Crippen molar-refractivity contribution in [1.82, 2.24) is 19.8 Å². The predicted octanol–water partition coefficient (Wildman–Crippen LogP) is 2.54. The molecule has 3 heterocycles. The monoisotopic (exact) mass is 414 g/mol. The number of amides is 2. The highest BCUT2D eigenvalue weighted by Crippen LogP contribution is 2.19. The maximum atomic E-state index is 12.9. The van der Waals surface area contributed by atoms with Gasteiger partial charge in [-0.25, -0.2) is 0 Å². The van der Waals surface area contributed by atoms with Crippen molar-refractivity contribution in [2.75, 3.05) is 26.2 Å². The minimum Gasteiger partial charge on any atom is -0.361 e. The molecule has 5 rings (SSSR count). The first-order valence-corrected chi connectivity index (χ1v) is 10.3. The predicted molar refractivity (Wildman–Crippen MR) is 119 cm³/mol. The Morgan fingerprint density at radius 2 is 1.55 bits per heavy atom. The van der Waals surface area contributed by atoms with Gasteiger partial charge in [0.05, 0.1) is 6.42 Å². The zero-order chi connectivity index (χ0) is 21.4. The largest absolute Gasteiger partial charge is 0.361 e. The number of rotatable bonds is 3. The number of carbonyl (C=O) groups is 2. The topological polar surface area (TPSA) is 89.3 Å². The second-order valence-corrected chi connectivity index (χ2v) is 7.81. The Kier molecular flexibility index (Phi) is 4.78. The van der Waals surface area contributed by atoms with E-state index in [9.17, 15) is 14.4 Å². The van der Waals surface area contributed by atoms with Gasteiger partial charge in [0.15, 0.2) is 0 Å². The molecule has 156 valence electrons. The number of pyridine rings is 1. The van der Waals surface area contributed by atoms with Crippen molar-refractivity contribution in [1.29, 1.82) is 0 Å². The van der Waals surface area contributed by atoms with E-state index in [1.807, 2.05) is 54.7 Å². The van der Waals surface area contributed by atoms with Gasteiger partial charge in [0, 0.05) is 48.8 Å². The molecule has 7 heteroatoms. The minimum absolute atomic E-state index is 0.0420. The van der Waals surface area contributed by atoms with Crippen LogP contribution in [0.3, 0.4) is 0 Å². The van der Waals surface area contributed by atoms with Gasteiger partial charge in [-0.2, -0.15) is 0 Å². The van der Waals surface area contributed by atoms with Gasteiger partial charge in [-0.3, -0.25) is 14.4 Å². The first-order chi connectivity index (χ1) is 15.1. The lowest BCUT2D eigenvalue weighted by Crippen LogP contribution is -2.51. The molecule has 2 amide bonds. The number of hydrogen-bond acceptors (Lipinski definition) is 3. The van der Waals surface area contributed by atoms with E-state index in [0.29, 0.717) is 38.1 Å². The number of aromatic nitrogens is 2. The summed E-state index contributed by atoms with van der Waals surface area (Å²) >= 11 is 0. The standard InChI is InChI=1S/C24H22N4O3/c29-22(14-17-15-25-21-8-4-2-6-18(17)21)27-9-11-28(12-10-27)24(31)19-13-16-5-1-3-7-20(16)26-23(19)30/h1-8,13,15,25H,9-12,14H2,(H,26,30). The molecule has 2 N–H and O–H groups in total. The van der Waals surface area contributed by atoms with Crippen LogP contribution >= 0.6 is 0 Å². The second kappa shape index (κ2) is 7.75. The van der Waals surface area contributed by atoms with Crippen LogP contribution in [0.4, 0.5) is 0 Å². The number of H-pyrrole nitrogens is 2. The van der Waals surface area contributed by atoms with Gasteiger partial charge in [0.1, 0.15) is 5.56 Å². The van der Waals surface area contributed by atoms with Crippen LogP contribution in [0.1, 0.15) is 15.9 Å². The average Bonchev–Trinajstić information content (AvgIpc) is 3.21. The van der Waals surface area contributed by atoms with E-state index in [1.165, 1.54) is 0 Å². The van der Waals surface area contributed by atoms with Gasteiger partial charge in [-0.15, -0.1) is 0 Å². The summed E-state index contributed by atoms with van der Waals surface area (Å²) < 4.78 is 0. The van der Waals surface area contributed by atoms with Gasteiger partial charge < -0.3 is 19.8 Å². The Hall–Kier alpha value is -3.87. The minimum atomic E-state index is -0.387. The molecule has 0 radical (unpaired) electrons. The summed E-state index contributed by atoms with van der Waals surface area (Å²) in [6.45, 7) is 1.73. The first-order valence-electron chi connectivity index (χ1n) is 10.3. The molecule has 4 aromatic rings. The van der Waals surface area contributed by atoms with E-state index in [4.69, 9.17) is 0 Å². The molecule has 0 aliphatic carbocycles. The lowest BCUT2D eigenvalue weighted by atomic mass is 10.1. The summed E-state index contributed by atoms with van der Waals surface area (Å²) in [6, 6.07) is 16.9. The summed E-state index contributed by atoms with van der Waals surface area (Å²) in [5.74, 6) is -0.254. The van der Waals surface area contributed by atoms with Gasteiger partial charge >= 0.3 is 0 Å². The molecule has 0 saturated carbocycles. The molecule has 1 aliphatic rings. The van der Waals surface area contributed by atoms with Crippen LogP contribution in [0.5, 0.6) is 0 Å². The van der Waals surface area contributed by atoms with Crippen LogP contribution in [-0.2, 0) is 11.2 Å². The zero-order valence-corrected chi connectivity index (χ0v) is 16.9. The fourth-order valence-corrected chi connectivity index (χ4v) is 4.19. The van der Waals surface area contributed by atoms with Crippen molar-refractivity contribution in [2.24, 2.45) is 0 Å². The number of aromatic amines is 2. The quantitative estimate of drug-likeness (QED) is 0.540. The second-order valence-electron chi connectivity index (χ2n) is 7.81. The third-order valence-electron chi connectivity index (χ3n) is 5.92. The third-order valence-corrected chi connectivity index (χ3v) is 5.92. The zero-order valence-electron chi connectivity index (χ0n) is 16.9. The molecule has 1 fully saturated rings. The van der Waals surface area contributed by atoms with Crippen molar-refractivity contribution in [3.8, 4) is 0 Å². The molecule has 2 aromatic heterocycles. The molecule has 0 spiro atoms. The normalized spacial score (nSPS) is 14.3. The van der Waals surface area contributed by atoms with E-state index < -0.39 is 0 Å². The maximum absolute atomic E-state index is 12.9. The molecule has 2 aromatic carbocycles. The van der Waals surface area contributed by atoms with Gasteiger partial charge in [-0.05, 0) is 29.1 Å². The summed E-state index contributed by atoms with van der Waals surface area (Å²) in [5.41, 5.74) is 2.44. The Morgan fingerprint density at radius 3 is 2.35 bits per heavy atom. The lowest BCUT2D eigenvalue weighted by molar-refractivity contribution is -0.131. The number of hydrogen-bond donors (Lipinski definition) is 2. The molecule has 0 unspecified atom stereocenters. The molecule has 0 atom stereocenters. The number of benzene rings is 2. The van der Waals surface area contributed by atoms with E-state index >= 15 is 0 Å². The van der Waals surface area contributed by atoms with E-state index in [0.717, 1.165) is 21.9 Å². The van der Waals surface area contributed by atoms with Gasteiger partial charge in [0.2, 0.25) is 5.91 Å². The molecule has 1 saturated heterocycles. The van der Waals surface area contributed by atoms with Crippen molar-refractivity contribution in [3.05, 3.63) is 82.3 Å². The summed E-state index contributed by atoms with van der Waals surface area (Å²) in [7, 11) is 0. The Labute approximate surface area is 178 Å². The Balaban J connectivity index is 1.26. The fraction of sp³-hybridized carbons (Fsp3) is 0.208. The highest BCUT2D eigenvalue weighted by molar-refractivity contribution is 5.97. The Bertz CT molecular complexity index is 1350. The van der Waals surface area contributed by atoms with E-state index in [-0.39, 0.29) is 22.9 Å². The van der Waals surface area contributed by atoms with Crippen molar-refractivity contribution >= 4 is 33.6 Å². The van der Waals surface area contributed by atoms with Crippen molar-refractivity contribution in [3.63, 3.8) is 0 Å². The molecular weight excluding hydrogens is 392 g/mol. The highest BCUT2D eigenvalue weighted by Gasteiger charge is 2.26. The number of para-hydroxylation sites is 2. The van der Waals surface area contributed by atoms with Gasteiger partial charge in [0.25, 0.3) is 11.5 Å². The summed E-state index contributed by atoms with van der Waals surface area (Å²) in [6.07, 6.45) is 2.21. The van der Waals surface area contributed by atoms with Crippen LogP contribution in [-0.4, -0.2) is 57.8 Å². The molecule has 1 aliphatic heterocycles. The number of piperazine rings is 1. The van der Waals surface area contributed by atoms with Crippen LogP contribution in [0.2, 0.25) is 0 Å². The van der Waals surface area contributed by atoms with Crippen LogP contribution in [0, 0.1) is 0 Å². The maximum Gasteiger partial charge on any atom is 0.261 e. The number of carbonyl (C=O) groups excluding carboxylic acids is 2. The van der Waals surface area contributed by atoms with E-state index in [2.05, 4.69) is 9.97 Å². The van der Waals surface area contributed by atoms with Gasteiger partial charge in [-0.1, -0.05) is 36.4 Å². The Morgan fingerprint density at radius 1 is 0.871 bits per heavy atom. The van der Waals surface area contributed by atoms with Crippen LogP contribution in [0.15, 0.2) is 65.6 Å². The number of nitrogens with one attached hydrogen (secondary N) is 2. The molecule has 7 nitrogen and oxygen atoms in total. The summed E-state index contributed by atoms with van der Waals surface area (Å²) in [4.78, 5) is 47.6. The highest BCUT2D eigenvalue weighted by atomic mass is 16.2. The number of nitrogens with zero attached hydrogens (tertiary/aromatic N) is 2. The van der Waals surface area contributed by atoms with Crippen molar-refractivity contribution in [2.45, 2.75) is 6.42 Å². The van der Waals surface area contributed by atoms with Crippen molar-refractivity contribution < 1.29 is 9.59 Å². The number of fused-ring (bicyclic) bond motifs is 2. The van der Waals surface area contributed by atoms with E-state index in [1.54, 1.807) is 15.9 Å².